The van der Waals surface area contributed by atoms with Crippen LogP contribution >= 0.6 is 0 Å². The number of pyridine rings is 1. The lowest BCUT2D eigenvalue weighted by atomic mass is 10.0. The lowest BCUT2D eigenvalue weighted by Crippen LogP contribution is -2.28. The molecule has 2 aromatic carbocycles. The first-order valence-electron chi connectivity index (χ1n) is 11.6. The number of aromatic hydroxyl groups is 1. The molecule has 0 aliphatic rings. The molecular formula is C28H31N5O2. The van der Waals surface area contributed by atoms with Crippen LogP contribution in [0.2, 0.25) is 0 Å². The number of anilines is 1. The highest BCUT2D eigenvalue weighted by atomic mass is 16.3. The predicted octanol–water partition coefficient (Wildman–Crippen LogP) is 4.88. The molecule has 0 aliphatic heterocycles. The van der Waals surface area contributed by atoms with E-state index in [9.17, 15) is 9.90 Å². The van der Waals surface area contributed by atoms with E-state index in [0.717, 1.165) is 35.4 Å². The predicted molar refractivity (Wildman–Crippen MR) is 142 cm³/mol. The standard InChI is InChI=1S/C28H31N5O2/c1-19-11-13-23-24(17-19)33(20(2)34)28(35)26(23)27(21-9-7-6-8-10-21)30-22-12-14-25(29-18-22)32(5)16-15-31(3)4/h6-14,17-18,35H,15-16H2,1-5H3. The number of aliphatic imine (C=N–C) groups is 1. The summed E-state index contributed by atoms with van der Waals surface area (Å²) in [6, 6.07) is 19.3. The number of fused-ring (bicyclic) bond motifs is 1. The molecule has 0 saturated heterocycles. The summed E-state index contributed by atoms with van der Waals surface area (Å²) in [4.78, 5) is 26.2. The minimum atomic E-state index is -0.261. The van der Waals surface area contributed by atoms with E-state index in [1.807, 2.05) is 88.7 Å². The molecule has 0 saturated carbocycles. The number of nitrogens with zero attached hydrogens (tertiary/aromatic N) is 5. The van der Waals surface area contributed by atoms with Gasteiger partial charge in [0.25, 0.3) is 0 Å². The number of benzene rings is 2. The van der Waals surface area contributed by atoms with E-state index >= 15 is 0 Å². The Bertz CT molecular complexity index is 1370. The molecule has 0 radical (unpaired) electrons. The van der Waals surface area contributed by atoms with E-state index in [4.69, 9.17) is 4.99 Å². The molecule has 7 nitrogen and oxygen atoms in total. The fourth-order valence-electron chi connectivity index (χ4n) is 4.06. The van der Waals surface area contributed by atoms with Crippen LogP contribution < -0.4 is 4.90 Å². The van der Waals surface area contributed by atoms with Crippen molar-refractivity contribution in [2.24, 2.45) is 4.99 Å². The second kappa shape index (κ2) is 10.1. The average molecular weight is 470 g/mol. The fourth-order valence-corrected chi connectivity index (χ4v) is 4.06. The summed E-state index contributed by atoms with van der Waals surface area (Å²) in [5.74, 6) is 0.482. The Morgan fingerprint density at radius 2 is 1.77 bits per heavy atom. The largest absolute Gasteiger partial charge is 0.494 e. The molecule has 0 amide bonds. The van der Waals surface area contributed by atoms with Gasteiger partial charge >= 0.3 is 0 Å². The van der Waals surface area contributed by atoms with Gasteiger partial charge in [-0.3, -0.25) is 9.36 Å². The van der Waals surface area contributed by atoms with E-state index in [1.54, 1.807) is 6.20 Å². The molecule has 35 heavy (non-hydrogen) atoms. The van der Waals surface area contributed by atoms with Gasteiger partial charge in [0.15, 0.2) is 0 Å². The van der Waals surface area contributed by atoms with Crippen LogP contribution in [-0.4, -0.2) is 65.4 Å². The molecule has 0 unspecified atom stereocenters. The number of rotatable bonds is 7. The minimum absolute atomic E-state index is 0.117. The van der Waals surface area contributed by atoms with Crippen molar-refractivity contribution >= 4 is 34.0 Å². The normalized spacial score (nSPS) is 11.9. The minimum Gasteiger partial charge on any atom is -0.494 e. The van der Waals surface area contributed by atoms with Crippen molar-refractivity contribution in [3.63, 3.8) is 0 Å². The molecule has 4 rings (SSSR count). The quantitative estimate of drug-likeness (QED) is 0.391. The number of likely N-dealkylation sites (N-methyl/N-ethyl adjacent to an activating group) is 2. The van der Waals surface area contributed by atoms with Gasteiger partial charge in [0, 0.05) is 38.0 Å². The molecule has 2 heterocycles. The number of carbonyl (C=O) groups excluding carboxylic acids is 1. The van der Waals surface area contributed by atoms with Gasteiger partial charge in [0.2, 0.25) is 11.8 Å². The lowest BCUT2D eigenvalue weighted by Gasteiger charge is -2.20. The molecule has 0 spiro atoms. The van der Waals surface area contributed by atoms with Gasteiger partial charge in [0.1, 0.15) is 5.82 Å². The van der Waals surface area contributed by atoms with Crippen LogP contribution in [0.3, 0.4) is 0 Å². The van der Waals surface area contributed by atoms with Crippen LogP contribution in [0.5, 0.6) is 5.88 Å². The summed E-state index contributed by atoms with van der Waals surface area (Å²) in [5.41, 5.74) is 4.24. The molecule has 0 bridgehead atoms. The monoisotopic (exact) mass is 469 g/mol. The first-order valence-corrected chi connectivity index (χ1v) is 11.6. The molecule has 0 fully saturated rings. The van der Waals surface area contributed by atoms with E-state index < -0.39 is 0 Å². The van der Waals surface area contributed by atoms with Gasteiger partial charge in [-0.15, -0.1) is 0 Å². The maximum absolute atomic E-state index is 12.5. The Morgan fingerprint density at radius 3 is 2.40 bits per heavy atom. The van der Waals surface area contributed by atoms with Crippen molar-refractivity contribution in [3.8, 4) is 5.88 Å². The second-order valence-electron chi connectivity index (χ2n) is 9.00. The number of aryl methyl sites for hydroxylation is 1. The Balaban J connectivity index is 1.85. The van der Waals surface area contributed by atoms with Crippen LogP contribution in [0, 0.1) is 6.92 Å². The summed E-state index contributed by atoms with van der Waals surface area (Å²) in [6.07, 6.45) is 1.73. The van der Waals surface area contributed by atoms with E-state index in [-0.39, 0.29) is 11.8 Å². The Hall–Kier alpha value is -3.97. The Morgan fingerprint density at radius 1 is 1.03 bits per heavy atom. The highest BCUT2D eigenvalue weighted by Crippen LogP contribution is 2.35. The van der Waals surface area contributed by atoms with Crippen LogP contribution in [-0.2, 0) is 0 Å². The van der Waals surface area contributed by atoms with Gasteiger partial charge in [-0.05, 0) is 44.8 Å². The second-order valence-corrected chi connectivity index (χ2v) is 9.00. The van der Waals surface area contributed by atoms with Crippen molar-refractivity contribution < 1.29 is 9.90 Å². The van der Waals surface area contributed by atoms with E-state index in [1.165, 1.54) is 11.5 Å². The molecule has 7 heteroatoms. The van der Waals surface area contributed by atoms with Crippen LogP contribution in [0.1, 0.15) is 28.4 Å². The molecular weight excluding hydrogens is 438 g/mol. The average Bonchev–Trinajstić information content (AvgIpc) is 3.12. The third-order valence-electron chi connectivity index (χ3n) is 5.94. The number of aromatic nitrogens is 2. The molecule has 0 aliphatic carbocycles. The number of hydrogen-bond acceptors (Lipinski definition) is 6. The first-order chi connectivity index (χ1) is 16.8. The third kappa shape index (κ3) is 5.10. The topological polar surface area (TPSA) is 74.0 Å². The summed E-state index contributed by atoms with van der Waals surface area (Å²) >= 11 is 0. The van der Waals surface area contributed by atoms with Crippen molar-refractivity contribution in [2.45, 2.75) is 13.8 Å². The van der Waals surface area contributed by atoms with Crippen LogP contribution in [0.4, 0.5) is 11.5 Å². The maximum atomic E-state index is 12.5. The van der Waals surface area contributed by atoms with Crippen molar-refractivity contribution in [3.05, 3.63) is 83.6 Å². The zero-order chi connectivity index (χ0) is 25.1. The lowest BCUT2D eigenvalue weighted by molar-refractivity contribution is 0.0933. The van der Waals surface area contributed by atoms with Crippen molar-refractivity contribution in [1.82, 2.24) is 14.5 Å². The highest BCUT2D eigenvalue weighted by molar-refractivity contribution is 6.23. The van der Waals surface area contributed by atoms with Gasteiger partial charge < -0.3 is 14.9 Å². The number of hydrogen-bond donors (Lipinski definition) is 1. The molecule has 0 atom stereocenters. The zero-order valence-corrected chi connectivity index (χ0v) is 20.9. The van der Waals surface area contributed by atoms with Gasteiger partial charge in [0.05, 0.1) is 28.7 Å². The molecule has 2 aromatic heterocycles. The highest BCUT2D eigenvalue weighted by Gasteiger charge is 2.24. The van der Waals surface area contributed by atoms with Crippen molar-refractivity contribution in [2.75, 3.05) is 39.1 Å². The fraction of sp³-hybridized carbons (Fsp3) is 0.250. The van der Waals surface area contributed by atoms with Crippen LogP contribution in [0.25, 0.3) is 10.9 Å². The number of carbonyl (C=O) groups is 1. The maximum Gasteiger partial charge on any atom is 0.230 e. The van der Waals surface area contributed by atoms with E-state index in [2.05, 4.69) is 14.8 Å². The summed E-state index contributed by atoms with van der Waals surface area (Å²) in [7, 11) is 6.11. The van der Waals surface area contributed by atoms with Gasteiger partial charge in [-0.1, -0.05) is 42.5 Å². The Labute approximate surface area is 206 Å². The smallest absolute Gasteiger partial charge is 0.230 e. The van der Waals surface area contributed by atoms with Crippen molar-refractivity contribution in [1.29, 1.82) is 0 Å². The molecule has 1 N–H and O–H groups in total. The summed E-state index contributed by atoms with van der Waals surface area (Å²) in [5, 5.41) is 12.0. The van der Waals surface area contributed by atoms with Gasteiger partial charge in [-0.25, -0.2) is 9.98 Å². The first kappa shape index (κ1) is 24.2. The molecule has 4 aromatic rings. The SMILES string of the molecule is CC(=O)n1c(O)c(C(=Nc2ccc(N(C)CCN(C)C)nc2)c2ccccc2)c2ccc(C)cc21. The third-order valence-corrected chi connectivity index (χ3v) is 5.94. The molecule has 180 valence electrons. The zero-order valence-electron chi connectivity index (χ0n) is 20.9. The summed E-state index contributed by atoms with van der Waals surface area (Å²) < 4.78 is 1.34. The van der Waals surface area contributed by atoms with Gasteiger partial charge in [-0.2, -0.15) is 0 Å². The van der Waals surface area contributed by atoms with Crippen LogP contribution in [0.15, 0.2) is 71.9 Å². The Kier molecular flexibility index (Phi) is 6.98. The summed E-state index contributed by atoms with van der Waals surface area (Å²) in [6.45, 7) is 5.19. The van der Waals surface area contributed by atoms with E-state index in [0.29, 0.717) is 22.5 Å².